The Morgan fingerprint density at radius 2 is 1.43 bits per heavy atom. The molecule has 2 aromatic heterocycles. The monoisotopic (exact) mass is 485 g/mol. The smallest absolute Gasteiger partial charge is 0.349 e. The first-order valence-corrected chi connectivity index (χ1v) is 12.0. The number of ether oxygens (including phenoxy) is 1. The molecule has 6 aromatic rings. The van der Waals surface area contributed by atoms with E-state index in [0.29, 0.717) is 5.56 Å². The second-order valence-electron chi connectivity index (χ2n) is 8.89. The van der Waals surface area contributed by atoms with E-state index in [0.717, 1.165) is 49.9 Å². The molecule has 0 bridgehead atoms. The summed E-state index contributed by atoms with van der Waals surface area (Å²) >= 11 is 0. The molecule has 0 radical (unpaired) electrons. The number of furan rings is 1. The van der Waals surface area contributed by atoms with Crippen LogP contribution in [-0.4, -0.2) is 16.1 Å². The van der Waals surface area contributed by atoms with Gasteiger partial charge in [0.15, 0.2) is 0 Å². The third-order valence-electron chi connectivity index (χ3n) is 6.54. The Hall–Kier alpha value is -4.90. The van der Waals surface area contributed by atoms with E-state index in [9.17, 15) is 9.90 Å². The van der Waals surface area contributed by atoms with Gasteiger partial charge in [-0.05, 0) is 30.2 Å². The highest BCUT2D eigenvalue weighted by Crippen LogP contribution is 2.36. The quantitative estimate of drug-likeness (QED) is 0.260. The van der Waals surface area contributed by atoms with Crippen LogP contribution in [0.3, 0.4) is 0 Å². The fraction of sp³-hybridized carbons (Fsp3) is 0.0625. The third-order valence-corrected chi connectivity index (χ3v) is 6.54. The van der Waals surface area contributed by atoms with Crippen LogP contribution in [0.1, 0.15) is 17.4 Å². The summed E-state index contributed by atoms with van der Waals surface area (Å²) in [6.07, 6.45) is -1.13. The molecule has 5 nitrogen and oxygen atoms in total. The van der Waals surface area contributed by atoms with E-state index in [1.54, 1.807) is 30.3 Å². The zero-order chi connectivity index (χ0) is 25.4. The molecule has 1 unspecified atom stereocenters. The van der Waals surface area contributed by atoms with Gasteiger partial charge in [0.2, 0.25) is 12.0 Å². The van der Waals surface area contributed by atoms with Gasteiger partial charge >= 0.3 is 5.97 Å². The summed E-state index contributed by atoms with van der Waals surface area (Å²) in [6, 6.07) is 35.1. The lowest BCUT2D eigenvalue weighted by Gasteiger charge is -2.16. The van der Waals surface area contributed by atoms with Crippen molar-refractivity contribution in [2.75, 3.05) is 0 Å². The molecule has 2 heterocycles. The van der Waals surface area contributed by atoms with Gasteiger partial charge in [0.1, 0.15) is 11.2 Å². The molecule has 1 N–H and O–H groups in total. The van der Waals surface area contributed by atoms with Crippen LogP contribution in [-0.2, 0) is 4.79 Å². The number of carboxylic acid groups (broad SMARTS) is 1. The standard InChI is InChI=1S/C32H23NO4/c1-20-24(18-19-29(33-20)37-30(32(34)35)23-8-3-2-4-9-23)21-14-16-22(17-15-21)25-11-7-12-27-26-10-5-6-13-28(26)36-31(25)27/h2-19,30H,1H3,(H,34,35). The number of fused-ring (bicyclic) bond motifs is 3. The zero-order valence-electron chi connectivity index (χ0n) is 20.1. The van der Waals surface area contributed by atoms with Crippen molar-refractivity contribution in [3.63, 3.8) is 0 Å². The molecule has 180 valence electrons. The Labute approximate surface area is 213 Å². The maximum absolute atomic E-state index is 11.8. The van der Waals surface area contributed by atoms with E-state index in [1.807, 2.05) is 37.3 Å². The molecule has 0 aliphatic heterocycles. The number of aliphatic carboxylic acids is 1. The van der Waals surface area contributed by atoms with Crippen molar-refractivity contribution in [1.82, 2.24) is 4.98 Å². The SMILES string of the molecule is Cc1nc(OC(C(=O)O)c2ccccc2)ccc1-c1ccc(-c2cccc3c2oc2ccccc23)cc1. The number of carboxylic acids is 1. The Morgan fingerprint density at radius 3 is 2.16 bits per heavy atom. The average Bonchev–Trinajstić information content (AvgIpc) is 3.31. The molecule has 0 saturated heterocycles. The molecular weight excluding hydrogens is 462 g/mol. The number of aryl methyl sites for hydroxylation is 1. The molecule has 4 aromatic carbocycles. The Morgan fingerprint density at radius 1 is 0.757 bits per heavy atom. The molecular formula is C32H23NO4. The van der Waals surface area contributed by atoms with Gasteiger partial charge in [0.25, 0.3) is 0 Å². The van der Waals surface area contributed by atoms with E-state index < -0.39 is 12.1 Å². The molecule has 1 atom stereocenters. The molecule has 0 fully saturated rings. The zero-order valence-corrected chi connectivity index (χ0v) is 20.1. The van der Waals surface area contributed by atoms with Gasteiger partial charge < -0.3 is 14.3 Å². The molecule has 0 aliphatic carbocycles. The molecule has 5 heteroatoms. The van der Waals surface area contributed by atoms with Crippen LogP contribution >= 0.6 is 0 Å². The highest BCUT2D eigenvalue weighted by molar-refractivity contribution is 6.09. The van der Waals surface area contributed by atoms with Gasteiger partial charge in [-0.15, -0.1) is 0 Å². The summed E-state index contributed by atoms with van der Waals surface area (Å²) in [4.78, 5) is 16.3. The number of hydrogen-bond acceptors (Lipinski definition) is 4. The van der Waals surface area contributed by atoms with Crippen LogP contribution in [0, 0.1) is 6.92 Å². The lowest BCUT2D eigenvalue weighted by atomic mass is 9.98. The number of carbonyl (C=O) groups is 1. The number of rotatable bonds is 6. The minimum atomic E-state index is -1.13. The fourth-order valence-electron chi connectivity index (χ4n) is 4.72. The Bertz CT molecular complexity index is 1740. The topological polar surface area (TPSA) is 72.6 Å². The van der Waals surface area contributed by atoms with E-state index in [-0.39, 0.29) is 5.88 Å². The van der Waals surface area contributed by atoms with Crippen LogP contribution in [0.4, 0.5) is 0 Å². The molecule has 6 rings (SSSR count). The third kappa shape index (κ3) is 4.21. The number of nitrogens with zero attached hydrogens (tertiary/aromatic N) is 1. The summed E-state index contributed by atoms with van der Waals surface area (Å²) in [5.74, 6) is -0.796. The van der Waals surface area contributed by atoms with Gasteiger partial charge in [0.05, 0.1) is 0 Å². The summed E-state index contributed by atoms with van der Waals surface area (Å²) in [7, 11) is 0. The van der Waals surface area contributed by atoms with Gasteiger partial charge in [-0.2, -0.15) is 0 Å². The van der Waals surface area contributed by atoms with E-state index >= 15 is 0 Å². The van der Waals surface area contributed by atoms with E-state index in [4.69, 9.17) is 9.15 Å². The number of pyridine rings is 1. The fourth-order valence-corrected chi connectivity index (χ4v) is 4.72. The molecule has 0 aliphatic rings. The lowest BCUT2D eigenvalue weighted by molar-refractivity contribution is -0.145. The van der Waals surface area contributed by atoms with Crippen LogP contribution in [0.2, 0.25) is 0 Å². The van der Waals surface area contributed by atoms with Crippen LogP contribution < -0.4 is 4.74 Å². The van der Waals surface area contributed by atoms with Crippen molar-refractivity contribution in [2.24, 2.45) is 0 Å². The lowest BCUT2D eigenvalue weighted by Crippen LogP contribution is -2.18. The first-order valence-electron chi connectivity index (χ1n) is 12.0. The minimum absolute atomic E-state index is 0.269. The summed E-state index contributed by atoms with van der Waals surface area (Å²) in [5.41, 5.74) is 7.13. The number of benzene rings is 4. The predicted molar refractivity (Wildman–Crippen MR) is 145 cm³/mol. The normalized spacial score (nSPS) is 12.0. The van der Waals surface area contributed by atoms with Crippen molar-refractivity contribution in [1.29, 1.82) is 0 Å². The Balaban J connectivity index is 1.29. The predicted octanol–water partition coefficient (Wildman–Crippen LogP) is 7.83. The second-order valence-corrected chi connectivity index (χ2v) is 8.89. The van der Waals surface area contributed by atoms with Gasteiger partial charge in [0, 0.05) is 39.2 Å². The van der Waals surface area contributed by atoms with Crippen molar-refractivity contribution < 1.29 is 19.1 Å². The maximum atomic E-state index is 11.8. The van der Waals surface area contributed by atoms with Crippen molar-refractivity contribution in [3.05, 3.63) is 120 Å². The molecule has 37 heavy (non-hydrogen) atoms. The van der Waals surface area contributed by atoms with Crippen molar-refractivity contribution in [3.8, 4) is 28.1 Å². The first kappa shape index (κ1) is 22.6. The number of aromatic nitrogens is 1. The average molecular weight is 486 g/mol. The van der Waals surface area contributed by atoms with Crippen LogP contribution in [0.25, 0.3) is 44.2 Å². The van der Waals surface area contributed by atoms with Gasteiger partial charge in [-0.3, -0.25) is 0 Å². The highest BCUT2D eigenvalue weighted by atomic mass is 16.5. The molecule has 0 spiro atoms. The summed E-state index contributed by atoms with van der Waals surface area (Å²) in [5, 5.41) is 11.9. The minimum Gasteiger partial charge on any atom is -0.478 e. The maximum Gasteiger partial charge on any atom is 0.349 e. The first-order chi connectivity index (χ1) is 18.1. The van der Waals surface area contributed by atoms with Crippen LogP contribution in [0.15, 0.2) is 114 Å². The van der Waals surface area contributed by atoms with Crippen molar-refractivity contribution >= 4 is 27.9 Å². The molecule has 0 saturated carbocycles. The van der Waals surface area contributed by atoms with Gasteiger partial charge in [-0.1, -0.05) is 91.0 Å². The highest BCUT2D eigenvalue weighted by Gasteiger charge is 2.22. The van der Waals surface area contributed by atoms with Crippen molar-refractivity contribution in [2.45, 2.75) is 13.0 Å². The van der Waals surface area contributed by atoms with E-state index in [1.165, 1.54) is 0 Å². The largest absolute Gasteiger partial charge is 0.478 e. The summed E-state index contributed by atoms with van der Waals surface area (Å²) < 4.78 is 12.0. The molecule has 0 amide bonds. The summed E-state index contributed by atoms with van der Waals surface area (Å²) in [6.45, 7) is 1.89. The van der Waals surface area contributed by atoms with E-state index in [2.05, 4.69) is 53.5 Å². The number of para-hydroxylation sites is 2. The van der Waals surface area contributed by atoms with Crippen LogP contribution in [0.5, 0.6) is 5.88 Å². The number of hydrogen-bond donors (Lipinski definition) is 1. The Kier molecular flexibility index (Phi) is 5.66. The van der Waals surface area contributed by atoms with Gasteiger partial charge in [-0.25, -0.2) is 9.78 Å². The second kappa shape index (κ2) is 9.28.